The molecule has 0 aliphatic carbocycles. The number of carbonyl (C=O) groups is 1. The van der Waals surface area contributed by atoms with Gasteiger partial charge >= 0.3 is 0 Å². The molecule has 1 atom stereocenters. The fourth-order valence-electron chi connectivity index (χ4n) is 1.35. The molecule has 0 unspecified atom stereocenters. The Hall–Kier alpha value is -1.78. The summed E-state index contributed by atoms with van der Waals surface area (Å²) in [5.74, 6) is -0.872. The first-order valence-corrected chi connectivity index (χ1v) is 4.44. The van der Waals surface area contributed by atoms with Crippen LogP contribution >= 0.6 is 0 Å². The quantitative estimate of drug-likeness (QED) is 0.423. The van der Waals surface area contributed by atoms with Gasteiger partial charge in [0.2, 0.25) is 6.54 Å². The molecule has 4 nitrogen and oxygen atoms in total. The van der Waals surface area contributed by atoms with Crippen LogP contribution in [0.2, 0.25) is 0 Å². The van der Waals surface area contributed by atoms with E-state index in [9.17, 15) is 19.3 Å². The van der Waals surface area contributed by atoms with Crippen molar-refractivity contribution in [2.45, 2.75) is 12.3 Å². The predicted molar refractivity (Wildman–Crippen MR) is 51.7 cm³/mol. The number of carbonyl (C=O) groups excluding carboxylic acids is 1. The van der Waals surface area contributed by atoms with Crippen LogP contribution in [0.4, 0.5) is 4.39 Å². The van der Waals surface area contributed by atoms with E-state index in [1.54, 1.807) is 0 Å². The van der Waals surface area contributed by atoms with E-state index in [2.05, 4.69) is 0 Å². The van der Waals surface area contributed by atoms with E-state index in [0.29, 0.717) is 11.8 Å². The van der Waals surface area contributed by atoms with E-state index in [1.807, 2.05) is 0 Å². The van der Waals surface area contributed by atoms with Crippen LogP contribution in [-0.4, -0.2) is 17.8 Å². The molecule has 5 heteroatoms. The number of halogens is 1. The SMILES string of the molecule is O=CC[C@@H](C[N+](=O)[O-])c1ccc(F)cc1. The Morgan fingerprint density at radius 3 is 2.47 bits per heavy atom. The van der Waals surface area contributed by atoms with Crippen molar-refractivity contribution in [3.8, 4) is 0 Å². The van der Waals surface area contributed by atoms with E-state index >= 15 is 0 Å². The standard InChI is InChI=1S/C10H10FNO3/c11-10-3-1-8(2-4-10)9(5-6-13)7-12(14)15/h1-4,6,9H,5,7H2/t9-/m0/s1. The van der Waals surface area contributed by atoms with E-state index in [-0.39, 0.29) is 13.0 Å². The second kappa shape index (κ2) is 5.19. The highest BCUT2D eigenvalue weighted by molar-refractivity contribution is 5.51. The average Bonchev–Trinajstić information content (AvgIpc) is 2.17. The lowest BCUT2D eigenvalue weighted by Gasteiger charge is -2.09. The maximum atomic E-state index is 12.6. The van der Waals surface area contributed by atoms with Crippen LogP contribution < -0.4 is 0 Å². The Bertz CT molecular complexity index is 350. The van der Waals surface area contributed by atoms with Crippen molar-refractivity contribution >= 4 is 6.29 Å². The van der Waals surface area contributed by atoms with E-state index in [1.165, 1.54) is 24.3 Å². The molecule has 1 aromatic carbocycles. The minimum absolute atomic E-state index is 0.0760. The van der Waals surface area contributed by atoms with Crippen molar-refractivity contribution in [3.05, 3.63) is 45.8 Å². The van der Waals surface area contributed by atoms with Crippen molar-refractivity contribution in [2.24, 2.45) is 0 Å². The molecule has 15 heavy (non-hydrogen) atoms. The fourth-order valence-corrected chi connectivity index (χ4v) is 1.35. The van der Waals surface area contributed by atoms with Gasteiger partial charge in [0.25, 0.3) is 0 Å². The van der Waals surface area contributed by atoms with Crippen molar-refractivity contribution in [2.75, 3.05) is 6.54 Å². The number of nitrogens with zero attached hydrogens (tertiary/aromatic N) is 1. The smallest absolute Gasteiger partial charge is 0.211 e. The zero-order valence-corrected chi connectivity index (χ0v) is 7.93. The highest BCUT2D eigenvalue weighted by Gasteiger charge is 2.17. The predicted octanol–water partition coefficient (Wildman–Crippen LogP) is 1.77. The number of benzene rings is 1. The monoisotopic (exact) mass is 211 g/mol. The van der Waals surface area contributed by atoms with Gasteiger partial charge in [-0.1, -0.05) is 12.1 Å². The summed E-state index contributed by atoms with van der Waals surface area (Å²) >= 11 is 0. The first-order chi connectivity index (χ1) is 7.13. The van der Waals surface area contributed by atoms with Crippen molar-refractivity contribution < 1.29 is 14.1 Å². The summed E-state index contributed by atoms with van der Waals surface area (Å²) in [5, 5.41) is 10.3. The van der Waals surface area contributed by atoms with Gasteiger partial charge < -0.3 is 4.79 Å². The van der Waals surface area contributed by atoms with Crippen molar-refractivity contribution in [1.82, 2.24) is 0 Å². The highest BCUT2D eigenvalue weighted by atomic mass is 19.1. The molecule has 0 aliphatic heterocycles. The Morgan fingerprint density at radius 1 is 1.40 bits per heavy atom. The number of aldehydes is 1. The maximum Gasteiger partial charge on any atom is 0.211 e. The lowest BCUT2D eigenvalue weighted by Crippen LogP contribution is -2.13. The Morgan fingerprint density at radius 2 is 2.00 bits per heavy atom. The number of nitro groups is 1. The molecule has 0 N–H and O–H groups in total. The molecular weight excluding hydrogens is 201 g/mol. The lowest BCUT2D eigenvalue weighted by atomic mass is 9.96. The molecule has 0 radical (unpaired) electrons. The summed E-state index contributed by atoms with van der Waals surface area (Å²) in [6, 6.07) is 5.39. The molecule has 0 aromatic heterocycles. The largest absolute Gasteiger partial charge is 0.303 e. The first kappa shape index (κ1) is 11.3. The zero-order valence-electron chi connectivity index (χ0n) is 7.93. The molecule has 0 fully saturated rings. The summed E-state index contributed by atoms with van der Waals surface area (Å²) in [7, 11) is 0. The average molecular weight is 211 g/mol. The third-order valence-corrected chi connectivity index (χ3v) is 2.09. The Kier molecular flexibility index (Phi) is 3.91. The molecule has 80 valence electrons. The van der Waals surface area contributed by atoms with Gasteiger partial charge in [-0.25, -0.2) is 4.39 Å². The first-order valence-electron chi connectivity index (χ1n) is 4.44. The lowest BCUT2D eigenvalue weighted by molar-refractivity contribution is -0.483. The van der Waals surface area contributed by atoms with Gasteiger partial charge in [0.15, 0.2) is 0 Å². The molecule has 0 aliphatic rings. The molecular formula is C10H10FNO3. The van der Waals surface area contributed by atoms with E-state index in [0.717, 1.165) is 0 Å². The molecule has 0 saturated heterocycles. The third-order valence-electron chi connectivity index (χ3n) is 2.09. The second-order valence-electron chi connectivity index (χ2n) is 3.17. The van der Waals surface area contributed by atoms with Gasteiger partial charge in [0.05, 0.1) is 5.92 Å². The Balaban J connectivity index is 2.83. The molecule has 0 bridgehead atoms. The van der Waals surface area contributed by atoms with Crippen LogP contribution in [0, 0.1) is 15.9 Å². The van der Waals surface area contributed by atoms with Gasteiger partial charge in [-0.15, -0.1) is 0 Å². The zero-order chi connectivity index (χ0) is 11.3. The van der Waals surface area contributed by atoms with Crippen molar-refractivity contribution in [3.63, 3.8) is 0 Å². The molecule has 1 rings (SSSR count). The maximum absolute atomic E-state index is 12.6. The highest BCUT2D eigenvalue weighted by Crippen LogP contribution is 2.19. The van der Waals surface area contributed by atoms with Crippen LogP contribution in [0.25, 0.3) is 0 Å². The van der Waals surface area contributed by atoms with Crippen molar-refractivity contribution in [1.29, 1.82) is 0 Å². The summed E-state index contributed by atoms with van der Waals surface area (Å²) in [5.41, 5.74) is 0.611. The minimum Gasteiger partial charge on any atom is -0.303 e. The number of hydrogen-bond donors (Lipinski definition) is 0. The minimum atomic E-state index is -0.475. The molecule has 0 spiro atoms. The molecule has 0 saturated carbocycles. The summed E-state index contributed by atoms with van der Waals surface area (Å²) in [6.45, 7) is -0.315. The van der Waals surface area contributed by atoms with E-state index in [4.69, 9.17) is 0 Å². The topological polar surface area (TPSA) is 60.2 Å². The van der Waals surface area contributed by atoms with Gasteiger partial charge in [-0.2, -0.15) is 0 Å². The number of rotatable bonds is 5. The molecule has 1 aromatic rings. The van der Waals surface area contributed by atoms with Crippen LogP contribution in [0.1, 0.15) is 17.9 Å². The van der Waals surface area contributed by atoms with Crippen LogP contribution in [0.15, 0.2) is 24.3 Å². The third kappa shape index (κ3) is 3.46. The fraction of sp³-hybridized carbons (Fsp3) is 0.300. The summed E-state index contributed by atoms with van der Waals surface area (Å²) in [4.78, 5) is 20.2. The molecule has 0 amide bonds. The van der Waals surface area contributed by atoms with E-state index < -0.39 is 16.7 Å². The summed E-state index contributed by atoms with van der Waals surface area (Å²) < 4.78 is 12.6. The van der Waals surface area contributed by atoms with Crippen LogP contribution in [0.5, 0.6) is 0 Å². The van der Waals surface area contributed by atoms with Gasteiger partial charge in [-0.3, -0.25) is 10.1 Å². The van der Waals surface area contributed by atoms with Gasteiger partial charge in [0.1, 0.15) is 12.1 Å². The van der Waals surface area contributed by atoms with Crippen LogP contribution in [0.3, 0.4) is 0 Å². The van der Waals surface area contributed by atoms with Gasteiger partial charge in [0, 0.05) is 11.3 Å². The Labute approximate surface area is 85.9 Å². The van der Waals surface area contributed by atoms with Crippen LogP contribution in [-0.2, 0) is 4.79 Å². The number of hydrogen-bond acceptors (Lipinski definition) is 3. The van der Waals surface area contributed by atoms with Gasteiger partial charge in [-0.05, 0) is 17.7 Å². The summed E-state index contributed by atoms with van der Waals surface area (Å²) in [6.07, 6.45) is 0.712. The second-order valence-corrected chi connectivity index (χ2v) is 3.17. The normalized spacial score (nSPS) is 12.1. The molecule has 0 heterocycles.